The van der Waals surface area contributed by atoms with Crippen LogP contribution in [0.25, 0.3) is 0 Å². The normalized spacial score (nSPS) is 20.9. The van der Waals surface area contributed by atoms with Crippen molar-refractivity contribution in [2.24, 2.45) is 5.73 Å². The summed E-state index contributed by atoms with van der Waals surface area (Å²) in [4.78, 5) is 5.53. The predicted molar refractivity (Wildman–Crippen MR) is 58.7 cm³/mol. The maximum Gasteiger partial charge on any atom is 0.433 e. The summed E-state index contributed by atoms with van der Waals surface area (Å²) in [5, 5.41) is 0. The number of halogens is 3. The van der Waals surface area contributed by atoms with Crippen molar-refractivity contribution in [3.63, 3.8) is 0 Å². The molecule has 2 rings (SSSR count). The van der Waals surface area contributed by atoms with Crippen LogP contribution < -0.4 is 10.6 Å². The third-order valence-corrected chi connectivity index (χ3v) is 2.97. The molecule has 1 aromatic rings. The molecule has 1 aromatic heterocycles. The van der Waals surface area contributed by atoms with Gasteiger partial charge in [-0.05, 0) is 25.0 Å². The molecule has 1 saturated heterocycles. The molecule has 6 heteroatoms. The molecule has 0 aliphatic carbocycles. The molecule has 1 aliphatic rings. The zero-order valence-electron chi connectivity index (χ0n) is 9.24. The molecule has 2 heterocycles. The summed E-state index contributed by atoms with van der Waals surface area (Å²) in [5.41, 5.74) is 4.74. The zero-order chi connectivity index (χ0) is 12.5. The van der Waals surface area contributed by atoms with Crippen LogP contribution in [0.1, 0.15) is 18.5 Å². The van der Waals surface area contributed by atoms with E-state index in [9.17, 15) is 13.2 Å². The van der Waals surface area contributed by atoms with Gasteiger partial charge in [-0.2, -0.15) is 13.2 Å². The van der Waals surface area contributed by atoms with Crippen molar-refractivity contribution in [2.75, 3.05) is 18.0 Å². The fourth-order valence-electron chi connectivity index (χ4n) is 2.12. The zero-order valence-corrected chi connectivity index (χ0v) is 9.24. The molecule has 0 radical (unpaired) electrons. The Morgan fingerprint density at radius 3 is 2.82 bits per heavy atom. The van der Waals surface area contributed by atoms with Crippen molar-refractivity contribution in [2.45, 2.75) is 25.1 Å². The van der Waals surface area contributed by atoms with Crippen LogP contribution >= 0.6 is 0 Å². The molecule has 2 N–H and O–H groups in total. The maximum absolute atomic E-state index is 12.5. The fraction of sp³-hybridized carbons (Fsp3) is 0.545. The molecule has 0 amide bonds. The number of pyridine rings is 1. The number of hydrogen-bond donors (Lipinski definition) is 1. The first-order valence-electron chi connectivity index (χ1n) is 5.53. The highest BCUT2D eigenvalue weighted by Gasteiger charge is 2.33. The first-order valence-corrected chi connectivity index (χ1v) is 5.53. The van der Waals surface area contributed by atoms with Crippen molar-refractivity contribution in [1.82, 2.24) is 4.98 Å². The average Bonchev–Trinajstić information content (AvgIpc) is 2.76. The smallest absolute Gasteiger partial charge is 0.352 e. The van der Waals surface area contributed by atoms with Crippen LogP contribution in [0.2, 0.25) is 0 Å². The largest absolute Gasteiger partial charge is 0.433 e. The van der Waals surface area contributed by atoms with Crippen LogP contribution in [-0.4, -0.2) is 24.1 Å². The second-order valence-electron chi connectivity index (χ2n) is 4.10. The third kappa shape index (κ3) is 2.52. The lowest BCUT2D eigenvalue weighted by Crippen LogP contribution is -2.36. The van der Waals surface area contributed by atoms with Gasteiger partial charge in [-0.25, -0.2) is 4.98 Å². The Hall–Kier alpha value is -1.30. The van der Waals surface area contributed by atoms with Gasteiger partial charge in [-0.1, -0.05) is 6.07 Å². The van der Waals surface area contributed by atoms with Crippen LogP contribution in [0.5, 0.6) is 0 Å². The van der Waals surface area contributed by atoms with E-state index in [-0.39, 0.29) is 6.04 Å². The Balaban J connectivity index is 2.27. The van der Waals surface area contributed by atoms with Crippen LogP contribution in [0.15, 0.2) is 18.2 Å². The molecule has 0 spiro atoms. The maximum atomic E-state index is 12.5. The van der Waals surface area contributed by atoms with Gasteiger partial charge in [0.25, 0.3) is 0 Å². The molecule has 0 aromatic carbocycles. The van der Waals surface area contributed by atoms with Crippen molar-refractivity contribution >= 4 is 5.82 Å². The summed E-state index contributed by atoms with van der Waals surface area (Å²) in [6.07, 6.45) is -2.54. The number of hydrogen-bond acceptors (Lipinski definition) is 3. The number of nitrogens with zero attached hydrogens (tertiary/aromatic N) is 2. The van der Waals surface area contributed by atoms with Gasteiger partial charge in [-0.3, -0.25) is 0 Å². The van der Waals surface area contributed by atoms with Gasteiger partial charge in [0.15, 0.2) is 0 Å². The van der Waals surface area contributed by atoms with E-state index in [1.807, 2.05) is 4.90 Å². The number of alkyl halides is 3. The van der Waals surface area contributed by atoms with Gasteiger partial charge >= 0.3 is 6.18 Å². The highest BCUT2D eigenvalue weighted by molar-refractivity contribution is 5.42. The average molecular weight is 245 g/mol. The molecular weight excluding hydrogens is 231 g/mol. The predicted octanol–water partition coefficient (Wildman–Crippen LogP) is 2.03. The van der Waals surface area contributed by atoms with E-state index in [1.165, 1.54) is 6.07 Å². The van der Waals surface area contributed by atoms with E-state index in [2.05, 4.69) is 4.98 Å². The topological polar surface area (TPSA) is 42.1 Å². The van der Waals surface area contributed by atoms with Gasteiger partial charge in [0.2, 0.25) is 0 Å². The first-order chi connectivity index (χ1) is 8.02. The molecule has 3 nitrogen and oxygen atoms in total. The minimum Gasteiger partial charge on any atom is -0.352 e. The number of anilines is 1. The van der Waals surface area contributed by atoms with E-state index < -0.39 is 11.9 Å². The first kappa shape index (κ1) is 12.2. The molecule has 1 fully saturated rings. The monoisotopic (exact) mass is 245 g/mol. The van der Waals surface area contributed by atoms with Crippen LogP contribution in [0.4, 0.5) is 19.0 Å². The Kier molecular flexibility index (Phi) is 3.24. The van der Waals surface area contributed by atoms with Gasteiger partial charge in [0, 0.05) is 19.1 Å². The molecule has 1 atom stereocenters. The van der Waals surface area contributed by atoms with E-state index in [0.29, 0.717) is 12.4 Å². The van der Waals surface area contributed by atoms with E-state index in [0.717, 1.165) is 25.5 Å². The second-order valence-corrected chi connectivity index (χ2v) is 4.10. The van der Waals surface area contributed by atoms with Gasteiger partial charge in [0.1, 0.15) is 11.5 Å². The number of nitrogens with two attached hydrogens (primary N) is 1. The Morgan fingerprint density at radius 2 is 2.18 bits per heavy atom. The fourth-order valence-corrected chi connectivity index (χ4v) is 2.12. The van der Waals surface area contributed by atoms with Crippen molar-refractivity contribution < 1.29 is 13.2 Å². The molecule has 94 valence electrons. The van der Waals surface area contributed by atoms with Crippen molar-refractivity contribution in [1.29, 1.82) is 0 Å². The Labute approximate surface area is 97.4 Å². The highest BCUT2D eigenvalue weighted by atomic mass is 19.4. The Morgan fingerprint density at radius 1 is 1.41 bits per heavy atom. The molecule has 0 saturated carbocycles. The van der Waals surface area contributed by atoms with Crippen LogP contribution in [-0.2, 0) is 6.18 Å². The highest BCUT2D eigenvalue weighted by Crippen LogP contribution is 2.30. The van der Waals surface area contributed by atoms with E-state index in [4.69, 9.17) is 5.73 Å². The van der Waals surface area contributed by atoms with Crippen molar-refractivity contribution in [3.8, 4) is 0 Å². The molecule has 0 bridgehead atoms. The summed E-state index contributed by atoms with van der Waals surface area (Å²) in [5.74, 6) is 0.368. The van der Waals surface area contributed by atoms with Crippen LogP contribution in [0.3, 0.4) is 0 Å². The molecule has 1 unspecified atom stereocenters. The lowest BCUT2D eigenvalue weighted by Gasteiger charge is -2.25. The van der Waals surface area contributed by atoms with E-state index >= 15 is 0 Å². The lowest BCUT2D eigenvalue weighted by molar-refractivity contribution is -0.141. The van der Waals surface area contributed by atoms with Gasteiger partial charge in [-0.15, -0.1) is 0 Å². The quantitative estimate of drug-likeness (QED) is 0.866. The summed E-state index contributed by atoms with van der Waals surface area (Å²) < 4.78 is 37.6. The SMILES string of the molecule is NCC1CCCN1c1cccc(C(F)(F)F)n1. The number of aromatic nitrogens is 1. The van der Waals surface area contributed by atoms with Crippen LogP contribution in [0, 0.1) is 0 Å². The summed E-state index contributed by atoms with van der Waals surface area (Å²) in [6.45, 7) is 1.16. The molecular formula is C11H14F3N3. The number of rotatable bonds is 2. The minimum atomic E-state index is -4.39. The third-order valence-electron chi connectivity index (χ3n) is 2.97. The standard InChI is InChI=1S/C11H14F3N3/c12-11(13,14)9-4-1-5-10(16-9)17-6-2-3-8(17)7-15/h1,4-5,8H,2-3,6-7,15H2. The Bertz CT molecular complexity index is 392. The van der Waals surface area contributed by atoms with Crippen molar-refractivity contribution in [3.05, 3.63) is 23.9 Å². The van der Waals surface area contributed by atoms with E-state index in [1.54, 1.807) is 6.07 Å². The second kappa shape index (κ2) is 4.52. The molecule has 1 aliphatic heterocycles. The molecule has 17 heavy (non-hydrogen) atoms. The summed E-state index contributed by atoms with van der Waals surface area (Å²) >= 11 is 0. The van der Waals surface area contributed by atoms with Gasteiger partial charge in [0.05, 0.1) is 0 Å². The summed E-state index contributed by atoms with van der Waals surface area (Å²) in [6, 6.07) is 4.07. The van der Waals surface area contributed by atoms with Gasteiger partial charge < -0.3 is 10.6 Å². The summed E-state index contributed by atoms with van der Waals surface area (Å²) in [7, 11) is 0. The lowest BCUT2D eigenvalue weighted by atomic mass is 10.2. The minimum absolute atomic E-state index is 0.103.